The van der Waals surface area contributed by atoms with Gasteiger partial charge in [0.15, 0.2) is 0 Å². The lowest BCUT2D eigenvalue weighted by Gasteiger charge is -2.23. The molecule has 2 amide bonds. The topological polar surface area (TPSA) is 126 Å². The van der Waals surface area contributed by atoms with E-state index in [0.717, 1.165) is 11.1 Å². The van der Waals surface area contributed by atoms with Gasteiger partial charge in [0, 0.05) is 43.7 Å². The van der Waals surface area contributed by atoms with Crippen LogP contribution >= 0.6 is 35.9 Å². The van der Waals surface area contributed by atoms with E-state index in [2.05, 4.69) is 10.6 Å². The van der Waals surface area contributed by atoms with E-state index in [4.69, 9.17) is 0 Å². The summed E-state index contributed by atoms with van der Waals surface area (Å²) in [5, 5.41) is 7.65. The first-order chi connectivity index (χ1) is 28.7. The van der Waals surface area contributed by atoms with E-state index >= 15 is 0 Å². The van der Waals surface area contributed by atoms with Crippen molar-refractivity contribution in [1.82, 2.24) is 0 Å². The summed E-state index contributed by atoms with van der Waals surface area (Å²) < 4.78 is 29.9. The molecule has 0 aliphatic carbocycles. The highest BCUT2D eigenvalue weighted by Crippen LogP contribution is 2.50. The Morgan fingerprint density at radius 1 is 0.433 bits per heavy atom. The Morgan fingerprint density at radius 3 is 0.967 bits per heavy atom. The molecule has 0 spiro atoms. The molecule has 306 valence electrons. The summed E-state index contributed by atoms with van der Waals surface area (Å²) in [6, 6.07) is 38.7. The van der Waals surface area contributed by atoms with Gasteiger partial charge in [-0.2, -0.15) is 0 Å². The Kier molecular flexibility index (Phi) is 14.0. The number of rotatable bonds is 15. The highest BCUT2D eigenvalue weighted by Gasteiger charge is 2.40. The Hall–Kier alpha value is -5.24. The normalized spacial score (nSPS) is 11.5. The summed E-state index contributed by atoms with van der Waals surface area (Å²) >= 11 is 0. The molecule has 0 saturated carbocycles. The first kappa shape index (κ1) is 44.3. The van der Waals surface area contributed by atoms with E-state index in [1.165, 1.54) is 21.6 Å². The van der Waals surface area contributed by atoms with Gasteiger partial charge in [0.05, 0.1) is 11.5 Å². The van der Waals surface area contributed by atoms with Crippen molar-refractivity contribution < 1.29 is 28.3 Å². The van der Waals surface area contributed by atoms with E-state index in [-0.39, 0.29) is 23.3 Å². The number of carbonyl (C=O) groups is 4. The zero-order chi connectivity index (χ0) is 43.2. The maximum absolute atomic E-state index is 14.9. The molecule has 0 aliphatic heterocycles. The average molecular weight is 873 g/mol. The van der Waals surface area contributed by atoms with E-state index in [9.17, 15) is 28.3 Å². The minimum Gasteiger partial charge on any atom is -0.325 e. The maximum atomic E-state index is 14.9. The van der Waals surface area contributed by atoms with Crippen LogP contribution in [0.15, 0.2) is 133 Å². The largest absolute Gasteiger partial charge is 0.325 e. The third-order valence-corrected chi connectivity index (χ3v) is 18.2. The summed E-state index contributed by atoms with van der Waals surface area (Å²) in [6.07, 6.45) is 0. The van der Waals surface area contributed by atoms with Crippen LogP contribution in [-0.2, 0) is 18.7 Å². The fraction of sp³-hybridized carbons (Fsp3) is 0.167. The van der Waals surface area contributed by atoms with Crippen LogP contribution in [0.3, 0.4) is 0 Å². The molecule has 0 radical (unpaired) electrons. The summed E-state index contributed by atoms with van der Waals surface area (Å²) in [6.45, 7) is 10.8. The summed E-state index contributed by atoms with van der Waals surface area (Å²) in [5.41, 5.74) is 4.45. The molecule has 6 aromatic rings. The van der Waals surface area contributed by atoms with Crippen LogP contribution in [-0.4, -0.2) is 34.4 Å². The van der Waals surface area contributed by atoms with Gasteiger partial charge in [-0.3, -0.25) is 19.2 Å². The molecular formula is C48H46N2O6P2S2. The molecule has 60 heavy (non-hydrogen) atoms. The molecule has 0 aliphatic rings. The van der Waals surface area contributed by atoms with Crippen molar-refractivity contribution in [3.8, 4) is 0 Å². The van der Waals surface area contributed by atoms with Crippen LogP contribution in [0, 0.1) is 41.5 Å². The zero-order valence-electron chi connectivity index (χ0n) is 34.3. The quantitative estimate of drug-likeness (QED) is 0.0594. The Morgan fingerprint density at radius 2 is 0.700 bits per heavy atom. The van der Waals surface area contributed by atoms with Gasteiger partial charge in [0.25, 0.3) is 0 Å². The molecule has 2 N–H and O–H groups in total. The van der Waals surface area contributed by atoms with E-state index in [1.807, 2.05) is 64.1 Å². The number of hydrogen-bond donors (Lipinski definition) is 2. The maximum Gasteiger partial charge on any atom is 0.235 e. The monoisotopic (exact) mass is 872 g/mol. The van der Waals surface area contributed by atoms with Crippen molar-refractivity contribution in [1.29, 1.82) is 0 Å². The lowest BCUT2D eigenvalue weighted by molar-refractivity contribution is -0.114. The van der Waals surface area contributed by atoms with Crippen molar-refractivity contribution in [2.45, 2.75) is 41.5 Å². The molecule has 12 heteroatoms. The molecule has 0 bridgehead atoms. The fourth-order valence-electron chi connectivity index (χ4n) is 7.59. The number of aryl methyl sites for hydroxylation is 4. The van der Waals surface area contributed by atoms with Crippen LogP contribution in [0.25, 0.3) is 0 Å². The Bertz CT molecular complexity index is 2420. The highest BCUT2D eigenvalue weighted by atomic mass is 33.1. The van der Waals surface area contributed by atoms with Gasteiger partial charge in [-0.25, -0.2) is 0 Å². The first-order valence-corrected chi connectivity index (χ1v) is 25.2. The lowest BCUT2D eigenvalue weighted by atomic mass is 9.98. The molecule has 6 rings (SSSR count). The Balaban J connectivity index is 1.14. The highest BCUT2D eigenvalue weighted by molar-refractivity contribution is 8.77. The third kappa shape index (κ3) is 8.94. The van der Waals surface area contributed by atoms with E-state index < -0.39 is 25.3 Å². The zero-order valence-corrected chi connectivity index (χ0v) is 37.7. The van der Waals surface area contributed by atoms with Gasteiger partial charge in [-0.05, 0) is 74.9 Å². The van der Waals surface area contributed by atoms with Crippen molar-refractivity contribution in [2.24, 2.45) is 0 Å². The fourth-order valence-corrected chi connectivity index (χ4v) is 14.5. The van der Waals surface area contributed by atoms with Crippen molar-refractivity contribution >= 4 is 91.3 Å². The first-order valence-electron chi connectivity index (χ1n) is 19.3. The average Bonchev–Trinajstić information content (AvgIpc) is 3.25. The minimum atomic E-state index is -3.79. The van der Waals surface area contributed by atoms with Crippen LogP contribution in [0.2, 0.25) is 0 Å². The summed E-state index contributed by atoms with van der Waals surface area (Å²) in [5.74, 6) is -0.637. The Labute approximate surface area is 359 Å². The number of benzene rings is 6. The van der Waals surface area contributed by atoms with Gasteiger partial charge < -0.3 is 19.8 Å². The molecular weight excluding hydrogens is 827 g/mol. The molecule has 0 unspecified atom stereocenters. The second-order valence-corrected chi connectivity index (χ2v) is 22.3. The van der Waals surface area contributed by atoms with Crippen molar-refractivity contribution in [3.05, 3.63) is 178 Å². The molecule has 0 saturated heterocycles. The van der Waals surface area contributed by atoms with Crippen LogP contribution in [0.4, 0.5) is 11.4 Å². The van der Waals surface area contributed by atoms with Crippen molar-refractivity contribution in [2.75, 3.05) is 22.1 Å². The molecule has 0 heterocycles. The van der Waals surface area contributed by atoms with Gasteiger partial charge in [-0.1, -0.05) is 155 Å². The molecule has 6 aromatic carbocycles. The summed E-state index contributed by atoms with van der Waals surface area (Å²) in [7, 11) is -5.18. The second-order valence-electron chi connectivity index (χ2n) is 14.6. The molecule has 8 nitrogen and oxygen atoms in total. The SMILES string of the molecule is Cc1cc(C)c(C(=O)P(=O)(c2ccccc2)c2ccccc2)c(C)c1NC(=O)CSSCC(=O)Nc1c(C)cc(C)c(C(=O)P(=O)(c2ccccc2)c2ccccc2)c1C. The molecule has 0 atom stereocenters. The predicted molar refractivity (Wildman–Crippen MR) is 252 cm³/mol. The van der Waals surface area contributed by atoms with Crippen molar-refractivity contribution in [3.63, 3.8) is 0 Å². The number of carbonyl (C=O) groups excluding carboxylic acids is 4. The minimum absolute atomic E-state index is 0.00992. The molecule has 0 fully saturated rings. The summed E-state index contributed by atoms with van der Waals surface area (Å²) in [4.78, 5) is 55.6. The lowest BCUT2D eigenvalue weighted by Crippen LogP contribution is -2.24. The smallest absolute Gasteiger partial charge is 0.235 e. The standard InChI is InChI=1S/C48H46N2O6P2S2/c1-31-27-33(3)45(35(5)43(31)47(53)57(55,37-19-11-7-12-20-37)38-21-13-8-14-22-38)49-41(51)29-59-60-30-42(52)50-46-34(4)28-32(2)44(36(46)6)48(54)58(56,39-23-15-9-16-24-39)40-25-17-10-18-26-40/h7-28H,29-30H2,1-6H3,(H,49,51)(H,50,52). The van der Waals surface area contributed by atoms with Crippen LogP contribution in [0.1, 0.15) is 54.1 Å². The number of anilines is 2. The van der Waals surface area contributed by atoms with Gasteiger partial charge >= 0.3 is 0 Å². The predicted octanol–water partition coefficient (Wildman–Crippen LogP) is 9.80. The van der Waals surface area contributed by atoms with Gasteiger partial charge in [0.2, 0.25) is 37.1 Å². The van der Waals surface area contributed by atoms with Gasteiger partial charge in [-0.15, -0.1) is 0 Å². The molecule has 0 aromatic heterocycles. The number of hydrogen-bond acceptors (Lipinski definition) is 8. The number of amides is 2. The van der Waals surface area contributed by atoms with Crippen LogP contribution in [0.5, 0.6) is 0 Å². The van der Waals surface area contributed by atoms with Crippen LogP contribution < -0.4 is 31.9 Å². The second kappa shape index (κ2) is 19.0. The third-order valence-electron chi connectivity index (χ3n) is 10.4. The van der Waals surface area contributed by atoms with E-state index in [1.54, 1.807) is 111 Å². The van der Waals surface area contributed by atoms with E-state index in [0.29, 0.717) is 66.0 Å². The van der Waals surface area contributed by atoms with Gasteiger partial charge in [0.1, 0.15) is 0 Å². The number of nitrogens with one attached hydrogen (secondary N) is 2.